The lowest BCUT2D eigenvalue weighted by molar-refractivity contribution is 0.486. The molecule has 0 N–H and O–H groups in total. The predicted octanol–water partition coefficient (Wildman–Crippen LogP) is 2.61. The summed E-state index contributed by atoms with van der Waals surface area (Å²) in [5, 5.41) is 0. The first-order valence-corrected chi connectivity index (χ1v) is 3.95. The van der Waals surface area contributed by atoms with E-state index in [1.807, 2.05) is 0 Å². The summed E-state index contributed by atoms with van der Waals surface area (Å²) in [7, 11) is 0. The Balaban J connectivity index is 2.25. The van der Waals surface area contributed by atoms with Gasteiger partial charge in [-0.25, -0.2) is 0 Å². The van der Waals surface area contributed by atoms with Gasteiger partial charge in [-0.3, -0.25) is 0 Å². The fourth-order valence-electron chi connectivity index (χ4n) is 2.36. The van der Waals surface area contributed by atoms with Crippen LogP contribution in [0.15, 0.2) is 11.6 Å². The average molecular weight is 122 g/mol. The highest BCUT2D eigenvalue weighted by atomic mass is 14.4. The van der Waals surface area contributed by atoms with E-state index in [2.05, 4.69) is 19.9 Å². The second-order valence-corrected chi connectivity index (χ2v) is 3.72. The molecule has 9 heavy (non-hydrogen) atoms. The molecular formula is C9H14. The van der Waals surface area contributed by atoms with Gasteiger partial charge in [0, 0.05) is 0 Å². The van der Waals surface area contributed by atoms with E-state index < -0.39 is 0 Å². The van der Waals surface area contributed by atoms with Gasteiger partial charge in [0.2, 0.25) is 0 Å². The average Bonchev–Trinajstić information content (AvgIpc) is 2.24. The molecule has 2 aliphatic rings. The van der Waals surface area contributed by atoms with Gasteiger partial charge < -0.3 is 0 Å². The van der Waals surface area contributed by atoms with E-state index in [1.165, 1.54) is 12.8 Å². The van der Waals surface area contributed by atoms with Gasteiger partial charge in [-0.2, -0.15) is 0 Å². The minimum Gasteiger partial charge on any atom is -0.0819 e. The van der Waals surface area contributed by atoms with Gasteiger partial charge in [-0.1, -0.05) is 18.6 Å². The van der Waals surface area contributed by atoms with Gasteiger partial charge in [0.15, 0.2) is 0 Å². The van der Waals surface area contributed by atoms with Gasteiger partial charge in [0.05, 0.1) is 0 Å². The Bertz CT molecular complexity index is 155. The lowest BCUT2D eigenvalue weighted by atomic mass is 9.92. The number of rotatable bonds is 0. The van der Waals surface area contributed by atoms with Crippen molar-refractivity contribution in [2.24, 2.45) is 17.8 Å². The number of fused-ring (bicyclic) bond motifs is 2. The van der Waals surface area contributed by atoms with Crippen molar-refractivity contribution in [1.82, 2.24) is 0 Å². The molecule has 3 atom stereocenters. The van der Waals surface area contributed by atoms with Crippen molar-refractivity contribution in [3.63, 3.8) is 0 Å². The molecule has 0 aliphatic heterocycles. The summed E-state index contributed by atoms with van der Waals surface area (Å²) in [6.45, 7) is 4.67. The molecule has 0 heterocycles. The maximum Gasteiger partial charge on any atom is -0.0197 e. The molecular weight excluding hydrogens is 108 g/mol. The van der Waals surface area contributed by atoms with Gasteiger partial charge >= 0.3 is 0 Å². The van der Waals surface area contributed by atoms with Gasteiger partial charge in [0.25, 0.3) is 0 Å². The molecule has 0 aromatic rings. The quantitative estimate of drug-likeness (QED) is 0.433. The zero-order valence-electron chi connectivity index (χ0n) is 6.22. The van der Waals surface area contributed by atoms with Crippen molar-refractivity contribution < 1.29 is 0 Å². The molecule has 0 spiro atoms. The Kier molecular flexibility index (Phi) is 0.992. The molecule has 2 aliphatic carbocycles. The fourth-order valence-corrected chi connectivity index (χ4v) is 2.36. The molecule has 2 rings (SSSR count). The van der Waals surface area contributed by atoms with Crippen LogP contribution in [0.25, 0.3) is 0 Å². The fraction of sp³-hybridized carbons (Fsp3) is 0.778. The summed E-state index contributed by atoms with van der Waals surface area (Å²) >= 11 is 0. The standard InChI is InChI=1S/C9H14/c1-6-3-9-5-8(6)4-7(9)2/h3,7-9H,4-5H2,1-2H3. The minimum absolute atomic E-state index is 0.954. The molecule has 0 saturated heterocycles. The highest BCUT2D eigenvalue weighted by Crippen LogP contribution is 2.46. The number of allylic oxidation sites excluding steroid dienone is 2. The van der Waals surface area contributed by atoms with Crippen LogP contribution in [0, 0.1) is 17.8 Å². The van der Waals surface area contributed by atoms with Crippen molar-refractivity contribution in [2.45, 2.75) is 26.7 Å². The van der Waals surface area contributed by atoms with Crippen molar-refractivity contribution in [3.8, 4) is 0 Å². The van der Waals surface area contributed by atoms with Gasteiger partial charge in [-0.05, 0) is 37.5 Å². The zero-order chi connectivity index (χ0) is 6.43. The van der Waals surface area contributed by atoms with E-state index in [0.717, 1.165) is 17.8 Å². The van der Waals surface area contributed by atoms with Crippen LogP contribution in [-0.2, 0) is 0 Å². The normalized spacial score (nSPS) is 47.8. The van der Waals surface area contributed by atoms with E-state index in [1.54, 1.807) is 5.57 Å². The lowest BCUT2D eigenvalue weighted by Gasteiger charge is -2.13. The zero-order valence-corrected chi connectivity index (χ0v) is 6.22. The van der Waals surface area contributed by atoms with E-state index in [-0.39, 0.29) is 0 Å². The summed E-state index contributed by atoms with van der Waals surface area (Å²) < 4.78 is 0. The summed E-state index contributed by atoms with van der Waals surface area (Å²) in [5.41, 5.74) is 1.66. The minimum atomic E-state index is 0.954. The Morgan fingerprint density at radius 3 is 2.56 bits per heavy atom. The van der Waals surface area contributed by atoms with Crippen LogP contribution >= 0.6 is 0 Å². The molecule has 0 aromatic heterocycles. The summed E-state index contributed by atoms with van der Waals surface area (Å²) in [5.74, 6) is 2.92. The third-order valence-corrected chi connectivity index (χ3v) is 3.06. The first kappa shape index (κ1) is 5.52. The number of hydrogen-bond donors (Lipinski definition) is 0. The maximum absolute atomic E-state index is 2.48. The van der Waals surface area contributed by atoms with Crippen LogP contribution in [-0.4, -0.2) is 0 Å². The summed E-state index contributed by atoms with van der Waals surface area (Å²) in [4.78, 5) is 0. The Morgan fingerprint density at radius 1 is 1.44 bits per heavy atom. The molecule has 50 valence electrons. The Hall–Kier alpha value is -0.260. The van der Waals surface area contributed by atoms with Crippen LogP contribution in [0.2, 0.25) is 0 Å². The van der Waals surface area contributed by atoms with Crippen LogP contribution in [0.3, 0.4) is 0 Å². The summed E-state index contributed by atoms with van der Waals surface area (Å²) in [6.07, 6.45) is 5.42. The molecule has 0 heteroatoms. The molecule has 0 radical (unpaired) electrons. The second kappa shape index (κ2) is 1.62. The Labute approximate surface area is 57.0 Å². The molecule has 1 saturated carbocycles. The third kappa shape index (κ3) is 0.654. The van der Waals surface area contributed by atoms with Crippen molar-refractivity contribution in [2.75, 3.05) is 0 Å². The molecule has 0 aromatic carbocycles. The van der Waals surface area contributed by atoms with E-state index in [0.29, 0.717) is 0 Å². The maximum atomic E-state index is 2.48. The van der Waals surface area contributed by atoms with E-state index >= 15 is 0 Å². The first-order chi connectivity index (χ1) is 4.27. The first-order valence-electron chi connectivity index (χ1n) is 3.95. The molecule has 2 bridgehead atoms. The predicted molar refractivity (Wildman–Crippen MR) is 39.1 cm³/mol. The van der Waals surface area contributed by atoms with Crippen LogP contribution in [0.4, 0.5) is 0 Å². The molecule has 3 unspecified atom stereocenters. The van der Waals surface area contributed by atoms with Crippen LogP contribution in [0.1, 0.15) is 26.7 Å². The van der Waals surface area contributed by atoms with Gasteiger partial charge in [0.1, 0.15) is 0 Å². The third-order valence-electron chi connectivity index (χ3n) is 3.06. The van der Waals surface area contributed by atoms with Gasteiger partial charge in [-0.15, -0.1) is 0 Å². The van der Waals surface area contributed by atoms with Crippen molar-refractivity contribution in [3.05, 3.63) is 11.6 Å². The lowest BCUT2D eigenvalue weighted by Crippen LogP contribution is -2.02. The topological polar surface area (TPSA) is 0 Å². The SMILES string of the molecule is CC1=CC2CC1CC2C. The smallest absolute Gasteiger partial charge is 0.0197 e. The highest BCUT2D eigenvalue weighted by molar-refractivity contribution is 5.18. The van der Waals surface area contributed by atoms with E-state index in [4.69, 9.17) is 0 Å². The monoisotopic (exact) mass is 122 g/mol. The van der Waals surface area contributed by atoms with Crippen molar-refractivity contribution in [1.29, 1.82) is 0 Å². The molecule has 0 amide bonds. The largest absolute Gasteiger partial charge is 0.0819 e. The summed E-state index contributed by atoms with van der Waals surface area (Å²) in [6, 6.07) is 0. The Morgan fingerprint density at radius 2 is 2.22 bits per heavy atom. The van der Waals surface area contributed by atoms with E-state index in [9.17, 15) is 0 Å². The second-order valence-electron chi connectivity index (χ2n) is 3.72. The molecule has 1 fully saturated rings. The van der Waals surface area contributed by atoms with Crippen LogP contribution < -0.4 is 0 Å². The van der Waals surface area contributed by atoms with Crippen molar-refractivity contribution >= 4 is 0 Å². The highest BCUT2D eigenvalue weighted by Gasteiger charge is 2.35. The molecule has 0 nitrogen and oxygen atoms in total. The number of hydrogen-bond acceptors (Lipinski definition) is 0. The van der Waals surface area contributed by atoms with Crippen LogP contribution in [0.5, 0.6) is 0 Å².